The van der Waals surface area contributed by atoms with Crippen molar-refractivity contribution in [2.75, 3.05) is 18.0 Å². The average molecular weight is 442 g/mol. The Balaban J connectivity index is 1.49. The van der Waals surface area contributed by atoms with Crippen molar-refractivity contribution in [3.8, 4) is 0 Å². The number of rotatable bonds is 5. The van der Waals surface area contributed by atoms with Gasteiger partial charge in [0.15, 0.2) is 0 Å². The van der Waals surface area contributed by atoms with E-state index in [1.807, 2.05) is 18.2 Å². The minimum absolute atomic E-state index is 0.0675. The molecule has 2 atom stereocenters. The third-order valence-electron chi connectivity index (χ3n) is 6.06. The largest absolute Gasteiger partial charge is 0.291 e. The maximum absolute atomic E-state index is 13.3. The molecule has 2 aromatic rings. The molecule has 0 aliphatic carbocycles. The van der Waals surface area contributed by atoms with E-state index in [1.54, 1.807) is 0 Å². The van der Waals surface area contributed by atoms with Crippen molar-refractivity contribution < 1.29 is 18.0 Å². The Morgan fingerprint density at radius 3 is 1.94 bits per heavy atom. The second-order valence-corrected chi connectivity index (χ2v) is 10.2. The van der Waals surface area contributed by atoms with Gasteiger partial charge in [0, 0.05) is 44.6 Å². The minimum atomic E-state index is -3.67. The first-order valence-corrected chi connectivity index (χ1v) is 12.0. The zero-order valence-corrected chi connectivity index (χ0v) is 18.6. The van der Waals surface area contributed by atoms with Crippen LogP contribution in [0, 0.1) is 0 Å². The van der Waals surface area contributed by atoms with Gasteiger partial charge in [0.2, 0.25) is 21.8 Å². The third-order valence-corrected chi connectivity index (χ3v) is 7.91. The quantitative estimate of drug-likeness (QED) is 0.667. The normalized spacial score (nSPS) is 23.5. The van der Waals surface area contributed by atoms with E-state index in [4.69, 9.17) is 0 Å². The maximum atomic E-state index is 13.3. The predicted octanol–water partition coefficient (Wildman–Crippen LogP) is 2.62. The molecule has 2 aliphatic rings. The van der Waals surface area contributed by atoms with Crippen molar-refractivity contribution in [1.29, 1.82) is 0 Å². The topological polar surface area (TPSA) is 78.0 Å². The number of amides is 2. The molecule has 0 spiro atoms. The molecule has 2 unspecified atom stereocenters. The van der Waals surface area contributed by atoms with Crippen molar-refractivity contribution in [3.63, 3.8) is 0 Å². The van der Waals surface area contributed by atoms with Crippen molar-refractivity contribution in [2.45, 2.75) is 50.2 Å². The number of nitrogens with zero attached hydrogens (tertiary/aromatic N) is 3. The van der Waals surface area contributed by atoms with E-state index in [-0.39, 0.29) is 41.6 Å². The fourth-order valence-corrected chi connectivity index (χ4v) is 5.99. The van der Waals surface area contributed by atoms with Gasteiger partial charge in [-0.2, -0.15) is 4.31 Å². The summed E-state index contributed by atoms with van der Waals surface area (Å²) < 4.78 is 28.1. The van der Waals surface area contributed by atoms with Crippen LogP contribution in [-0.4, -0.2) is 54.6 Å². The Morgan fingerprint density at radius 2 is 1.39 bits per heavy atom. The van der Waals surface area contributed by atoms with Crippen LogP contribution in [0.2, 0.25) is 0 Å². The SMILES string of the molecule is CC1CN(S(=O)(=O)c2ccc(N3C(=O)CCC3=O)cc2)CC(C)N1Cc1ccccc1. The zero-order chi connectivity index (χ0) is 22.2. The summed E-state index contributed by atoms with van der Waals surface area (Å²) in [6, 6.07) is 16.3. The standard InChI is InChI=1S/C23H27N3O4S/c1-17-14-24(15-18(2)25(17)16-19-6-4-3-5-7-19)31(29,30)21-10-8-20(9-11-21)26-22(27)12-13-23(26)28/h3-11,17-18H,12-16H2,1-2H3. The molecule has 31 heavy (non-hydrogen) atoms. The van der Waals surface area contributed by atoms with Crippen molar-refractivity contribution >= 4 is 27.5 Å². The number of hydrogen-bond acceptors (Lipinski definition) is 5. The molecular weight excluding hydrogens is 414 g/mol. The zero-order valence-electron chi connectivity index (χ0n) is 17.8. The Hall–Kier alpha value is -2.55. The third kappa shape index (κ3) is 4.28. The van der Waals surface area contributed by atoms with Crippen LogP contribution in [0.4, 0.5) is 5.69 Å². The number of piperazine rings is 1. The molecule has 2 amide bonds. The Labute approximate surface area is 183 Å². The van der Waals surface area contributed by atoms with E-state index < -0.39 is 10.0 Å². The highest BCUT2D eigenvalue weighted by Gasteiger charge is 2.36. The molecule has 164 valence electrons. The molecule has 0 radical (unpaired) electrons. The van der Waals surface area contributed by atoms with E-state index in [1.165, 1.54) is 34.1 Å². The molecule has 4 rings (SSSR count). The number of imide groups is 1. The molecule has 0 bridgehead atoms. The molecule has 2 saturated heterocycles. The number of hydrogen-bond donors (Lipinski definition) is 0. The molecule has 2 fully saturated rings. The van der Waals surface area contributed by atoms with Gasteiger partial charge in [-0.25, -0.2) is 8.42 Å². The summed E-state index contributed by atoms with van der Waals surface area (Å²) in [6.45, 7) is 5.70. The molecular formula is C23H27N3O4S. The molecule has 7 nitrogen and oxygen atoms in total. The first kappa shape index (κ1) is 21.7. The summed E-state index contributed by atoms with van der Waals surface area (Å²) >= 11 is 0. The summed E-state index contributed by atoms with van der Waals surface area (Å²) in [4.78, 5) is 27.5. The lowest BCUT2D eigenvalue weighted by molar-refractivity contribution is -0.121. The van der Waals surface area contributed by atoms with Crippen LogP contribution in [-0.2, 0) is 26.2 Å². The summed E-state index contributed by atoms with van der Waals surface area (Å²) in [7, 11) is -3.67. The summed E-state index contributed by atoms with van der Waals surface area (Å²) in [5, 5.41) is 0. The second-order valence-electron chi connectivity index (χ2n) is 8.29. The van der Waals surface area contributed by atoms with Crippen LogP contribution in [0.5, 0.6) is 0 Å². The van der Waals surface area contributed by atoms with Gasteiger partial charge in [-0.15, -0.1) is 0 Å². The van der Waals surface area contributed by atoms with Gasteiger partial charge in [0.05, 0.1) is 10.6 Å². The maximum Gasteiger partial charge on any atom is 0.243 e. The van der Waals surface area contributed by atoms with Gasteiger partial charge >= 0.3 is 0 Å². The van der Waals surface area contributed by atoms with Crippen molar-refractivity contribution in [1.82, 2.24) is 9.21 Å². The minimum Gasteiger partial charge on any atom is -0.291 e. The van der Waals surface area contributed by atoms with E-state index in [2.05, 4.69) is 30.9 Å². The van der Waals surface area contributed by atoms with Crippen LogP contribution < -0.4 is 4.90 Å². The first-order valence-electron chi connectivity index (χ1n) is 10.5. The number of benzene rings is 2. The second kappa shape index (κ2) is 8.53. The average Bonchev–Trinajstić information content (AvgIpc) is 3.09. The molecule has 2 aliphatic heterocycles. The molecule has 0 N–H and O–H groups in total. The first-order chi connectivity index (χ1) is 14.8. The lowest BCUT2D eigenvalue weighted by Gasteiger charge is -2.43. The number of anilines is 1. The van der Waals surface area contributed by atoms with Crippen molar-refractivity contribution in [3.05, 3.63) is 60.2 Å². The summed E-state index contributed by atoms with van der Waals surface area (Å²) in [5.74, 6) is -0.504. The fourth-order valence-electron chi connectivity index (χ4n) is 4.39. The lowest BCUT2D eigenvalue weighted by atomic mass is 10.1. The fraction of sp³-hybridized carbons (Fsp3) is 0.391. The van der Waals surface area contributed by atoms with Gasteiger partial charge in [-0.1, -0.05) is 30.3 Å². The van der Waals surface area contributed by atoms with Crippen LogP contribution in [0.1, 0.15) is 32.3 Å². The number of carbonyl (C=O) groups excluding carboxylic acids is 2. The van der Waals surface area contributed by atoms with Gasteiger partial charge in [0.1, 0.15) is 0 Å². The van der Waals surface area contributed by atoms with Gasteiger partial charge in [-0.3, -0.25) is 19.4 Å². The monoisotopic (exact) mass is 441 g/mol. The molecule has 2 aromatic carbocycles. The smallest absolute Gasteiger partial charge is 0.243 e. The van der Waals surface area contributed by atoms with Crippen LogP contribution in [0.15, 0.2) is 59.5 Å². The van der Waals surface area contributed by atoms with Gasteiger partial charge in [0.25, 0.3) is 0 Å². The van der Waals surface area contributed by atoms with Crippen LogP contribution >= 0.6 is 0 Å². The molecule has 0 aromatic heterocycles. The van der Waals surface area contributed by atoms with E-state index in [0.717, 1.165) is 11.4 Å². The molecule has 8 heteroatoms. The highest BCUT2D eigenvalue weighted by molar-refractivity contribution is 7.89. The highest BCUT2D eigenvalue weighted by atomic mass is 32.2. The number of carbonyl (C=O) groups is 2. The molecule has 2 heterocycles. The summed E-state index contributed by atoms with van der Waals surface area (Å²) in [6.07, 6.45) is 0.393. The summed E-state index contributed by atoms with van der Waals surface area (Å²) in [5.41, 5.74) is 1.62. The van der Waals surface area contributed by atoms with Crippen LogP contribution in [0.3, 0.4) is 0 Å². The lowest BCUT2D eigenvalue weighted by Crippen LogP contribution is -2.57. The van der Waals surface area contributed by atoms with Gasteiger partial charge < -0.3 is 0 Å². The van der Waals surface area contributed by atoms with E-state index >= 15 is 0 Å². The van der Waals surface area contributed by atoms with E-state index in [0.29, 0.717) is 18.8 Å². The van der Waals surface area contributed by atoms with Gasteiger partial charge in [-0.05, 0) is 43.7 Å². The molecule has 0 saturated carbocycles. The Kier molecular flexibility index (Phi) is 5.96. The van der Waals surface area contributed by atoms with Crippen molar-refractivity contribution in [2.24, 2.45) is 0 Å². The van der Waals surface area contributed by atoms with E-state index in [9.17, 15) is 18.0 Å². The predicted molar refractivity (Wildman–Crippen MR) is 118 cm³/mol. The highest BCUT2D eigenvalue weighted by Crippen LogP contribution is 2.28. The van der Waals surface area contributed by atoms with Crippen LogP contribution in [0.25, 0.3) is 0 Å². The Morgan fingerprint density at radius 1 is 0.839 bits per heavy atom. The Bertz CT molecular complexity index is 1040. The number of sulfonamides is 1.